The molecule has 0 bridgehead atoms. The van der Waals surface area contributed by atoms with Gasteiger partial charge in [-0.25, -0.2) is 14.8 Å². The Balaban J connectivity index is 2.30. The molecule has 0 aliphatic rings. The van der Waals surface area contributed by atoms with Gasteiger partial charge in [-0.1, -0.05) is 0 Å². The molecule has 150 valence electrons. The van der Waals surface area contributed by atoms with Gasteiger partial charge in [0.15, 0.2) is 5.82 Å². The number of nitrogens with zero attached hydrogens (tertiary/aromatic N) is 4. The lowest BCUT2D eigenvalue weighted by Crippen LogP contribution is -2.21. The van der Waals surface area contributed by atoms with Gasteiger partial charge in [0.1, 0.15) is 11.4 Å². The Morgan fingerprint density at radius 1 is 1.10 bits per heavy atom. The van der Waals surface area contributed by atoms with Crippen molar-refractivity contribution >= 4 is 5.97 Å². The van der Waals surface area contributed by atoms with Crippen LogP contribution in [0.1, 0.15) is 21.6 Å². The first kappa shape index (κ1) is 20.0. The van der Waals surface area contributed by atoms with Gasteiger partial charge in [-0.05, 0) is 24.6 Å². The fourth-order valence-electron chi connectivity index (χ4n) is 2.60. The minimum atomic E-state index is -4.75. The van der Waals surface area contributed by atoms with Gasteiger partial charge in [0.2, 0.25) is 0 Å². The normalized spacial score (nSPS) is 11.3. The molecule has 29 heavy (non-hydrogen) atoms. The second kappa shape index (κ2) is 7.34. The largest absolute Gasteiger partial charge is 0.494 e. The number of hydrogen-bond acceptors (Lipinski definition) is 6. The van der Waals surface area contributed by atoms with Crippen LogP contribution in [-0.4, -0.2) is 37.9 Å². The van der Waals surface area contributed by atoms with Crippen LogP contribution in [0.3, 0.4) is 0 Å². The molecule has 3 rings (SSSR count). The summed E-state index contributed by atoms with van der Waals surface area (Å²) in [4.78, 5) is 31.0. The first-order chi connectivity index (χ1) is 13.6. The molecule has 0 amide bonds. The maximum absolute atomic E-state index is 13.1. The van der Waals surface area contributed by atoms with Crippen LogP contribution >= 0.6 is 0 Å². The van der Waals surface area contributed by atoms with Crippen molar-refractivity contribution < 1.29 is 27.8 Å². The van der Waals surface area contributed by atoms with Crippen LogP contribution in [0.15, 0.2) is 41.6 Å². The van der Waals surface area contributed by atoms with E-state index in [-0.39, 0.29) is 28.3 Å². The maximum Gasteiger partial charge on any atom is 0.433 e. The summed E-state index contributed by atoms with van der Waals surface area (Å²) in [6.07, 6.45) is -1.58. The zero-order valence-corrected chi connectivity index (χ0v) is 15.1. The van der Waals surface area contributed by atoms with Gasteiger partial charge in [-0.15, -0.1) is 0 Å². The summed E-state index contributed by atoms with van der Waals surface area (Å²) < 4.78 is 45.3. The predicted molar refractivity (Wildman–Crippen MR) is 94.1 cm³/mol. The standard InChI is InChI=1S/C18H13F3N4O4/c1-9-3-16(26)25(24-6-9)15-5-10(12(7-23-15)17(27)28)11-4-14(18(19,20)21)22-8-13(11)29-2/h3-8H,1-2H3,(H,27,28). The first-order valence-electron chi connectivity index (χ1n) is 8.03. The number of carbonyl (C=O) groups is 1. The summed E-state index contributed by atoms with van der Waals surface area (Å²) >= 11 is 0. The molecule has 3 aromatic rings. The molecular weight excluding hydrogens is 393 g/mol. The van der Waals surface area contributed by atoms with Crippen molar-refractivity contribution in [3.05, 3.63) is 64.0 Å². The van der Waals surface area contributed by atoms with Crippen LogP contribution in [-0.2, 0) is 6.18 Å². The van der Waals surface area contributed by atoms with Gasteiger partial charge in [0, 0.05) is 23.4 Å². The minimum Gasteiger partial charge on any atom is -0.494 e. The molecule has 0 saturated heterocycles. The summed E-state index contributed by atoms with van der Waals surface area (Å²) in [5.41, 5.74) is -1.86. The number of carboxylic acid groups (broad SMARTS) is 1. The van der Waals surface area contributed by atoms with E-state index in [4.69, 9.17) is 4.74 Å². The van der Waals surface area contributed by atoms with Crippen LogP contribution in [0, 0.1) is 6.92 Å². The number of rotatable bonds is 4. The third kappa shape index (κ3) is 3.93. The van der Waals surface area contributed by atoms with E-state index in [0.717, 1.165) is 23.1 Å². The molecule has 3 heterocycles. The molecular formula is C18H13F3N4O4. The zero-order chi connectivity index (χ0) is 21.3. The fraction of sp³-hybridized carbons (Fsp3) is 0.167. The van der Waals surface area contributed by atoms with E-state index < -0.39 is 23.4 Å². The Morgan fingerprint density at radius 3 is 2.41 bits per heavy atom. The molecule has 11 heteroatoms. The third-order valence-electron chi connectivity index (χ3n) is 3.94. The maximum atomic E-state index is 13.1. The minimum absolute atomic E-state index is 0.0672. The van der Waals surface area contributed by atoms with Crippen LogP contribution in [0.2, 0.25) is 0 Å². The monoisotopic (exact) mass is 406 g/mol. The van der Waals surface area contributed by atoms with Gasteiger partial charge in [-0.3, -0.25) is 4.79 Å². The van der Waals surface area contributed by atoms with Crippen LogP contribution in [0.5, 0.6) is 5.75 Å². The molecule has 0 unspecified atom stereocenters. The van der Waals surface area contributed by atoms with E-state index in [0.29, 0.717) is 11.6 Å². The number of halogens is 3. The predicted octanol–water partition coefficient (Wildman–Crippen LogP) is 2.72. The van der Waals surface area contributed by atoms with Crippen molar-refractivity contribution in [2.45, 2.75) is 13.1 Å². The van der Waals surface area contributed by atoms with Crippen molar-refractivity contribution in [2.75, 3.05) is 7.11 Å². The van der Waals surface area contributed by atoms with E-state index in [1.54, 1.807) is 6.92 Å². The average molecular weight is 406 g/mol. The number of alkyl halides is 3. The molecule has 0 spiro atoms. The fourth-order valence-corrected chi connectivity index (χ4v) is 2.60. The van der Waals surface area contributed by atoms with Crippen molar-refractivity contribution in [1.82, 2.24) is 19.7 Å². The summed E-state index contributed by atoms with van der Waals surface area (Å²) in [7, 11) is 1.21. The number of aromatic carboxylic acids is 1. The molecule has 0 atom stereocenters. The molecule has 0 radical (unpaired) electrons. The smallest absolute Gasteiger partial charge is 0.433 e. The SMILES string of the molecule is COc1cnc(C(F)(F)F)cc1-c1cc(-n2ncc(C)cc2=O)ncc1C(=O)O. The summed E-state index contributed by atoms with van der Waals surface area (Å²) in [6.45, 7) is 1.66. The average Bonchev–Trinajstić information content (AvgIpc) is 2.66. The first-order valence-corrected chi connectivity index (χ1v) is 8.03. The van der Waals surface area contributed by atoms with Gasteiger partial charge in [-0.2, -0.15) is 23.0 Å². The highest BCUT2D eigenvalue weighted by Crippen LogP contribution is 2.37. The van der Waals surface area contributed by atoms with Crippen molar-refractivity contribution in [3.8, 4) is 22.7 Å². The Labute approximate surface area is 161 Å². The molecule has 0 saturated carbocycles. The number of ether oxygens (including phenoxy) is 1. The molecule has 0 aliphatic carbocycles. The Morgan fingerprint density at radius 2 is 1.83 bits per heavy atom. The molecule has 1 N–H and O–H groups in total. The van der Waals surface area contributed by atoms with E-state index in [9.17, 15) is 27.9 Å². The Kier molecular flexibility index (Phi) is 5.06. The van der Waals surface area contributed by atoms with Gasteiger partial charge < -0.3 is 9.84 Å². The van der Waals surface area contributed by atoms with Crippen LogP contribution in [0.25, 0.3) is 16.9 Å². The highest BCUT2D eigenvalue weighted by Gasteiger charge is 2.34. The molecule has 0 aromatic carbocycles. The van der Waals surface area contributed by atoms with E-state index in [1.165, 1.54) is 19.4 Å². The van der Waals surface area contributed by atoms with Crippen molar-refractivity contribution in [2.24, 2.45) is 0 Å². The highest BCUT2D eigenvalue weighted by atomic mass is 19.4. The molecule has 3 aromatic heterocycles. The lowest BCUT2D eigenvalue weighted by atomic mass is 10.0. The quantitative estimate of drug-likeness (QED) is 0.710. The lowest BCUT2D eigenvalue weighted by Gasteiger charge is -2.14. The van der Waals surface area contributed by atoms with Gasteiger partial charge >= 0.3 is 12.1 Å². The molecule has 0 aliphatic heterocycles. The number of methoxy groups -OCH3 is 1. The van der Waals surface area contributed by atoms with E-state index in [1.807, 2.05) is 0 Å². The number of hydrogen-bond donors (Lipinski definition) is 1. The zero-order valence-electron chi connectivity index (χ0n) is 15.1. The number of aryl methyl sites for hydroxylation is 1. The van der Waals surface area contributed by atoms with Crippen LogP contribution in [0.4, 0.5) is 13.2 Å². The second-order valence-corrected chi connectivity index (χ2v) is 5.94. The molecule has 0 fully saturated rings. The van der Waals surface area contributed by atoms with Crippen molar-refractivity contribution in [3.63, 3.8) is 0 Å². The Bertz CT molecular complexity index is 1160. The Hall–Kier alpha value is -3.76. The number of pyridine rings is 2. The summed E-state index contributed by atoms with van der Waals surface area (Å²) in [6, 6.07) is 3.12. The summed E-state index contributed by atoms with van der Waals surface area (Å²) in [5.74, 6) is -1.57. The van der Waals surface area contributed by atoms with Crippen LogP contribution < -0.4 is 10.3 Å². The summed E-state index contributed by atoms with van der Waals surface area (Å²) in [5, 5.41) is 13.4. The van der Waals surface area contributed by atoms with E-state index in [2.05, 4.69) is 15.1 Å². The van der Waals surface area contributed by atoms with E-state index >= 15 is 0 Å². The number of aromatic nitrogens is 4. The van der Waals surface area contributed by atoms with Crippen molar-refractivity contribution in [1.29, 1.82) is 0 Å². The topological polar surface area (TPSA) is 107 Å². The van der Waals surface area contributed by atoms with Gasteiger partial charge in [0.25, 0.3) is 5.56 Å². The van der Waals surface area contributed by atoms with Gasteiger partial charge in [0.05, 0.1) is 25.1 Å². The third-order valence-corrected chi connectivity index (χ3v) is 3.94. The highest BCUT2D eigenvalue weighted by molar-refractivity contribution is 5.97. The lowest BCUT2D eigenvalue weighted by molar-refractivity contribution is -0.141. The second-order valence-electron chi connectivity index (χ2n) is 5.94. The molecule has 8 nitrogen and oxygen atoms in total. The number of carboxylic acids is 1.